The highest BCUT2D eigenvalue weighted by Gasteiger charge is 2.27. The van der Waals surface area contributed by atoms with Crippen LogP contribution in [0.2, 0.25) is 0 Å². The molecule has 0 bridgehead atoms. The lowest BCUT2D eigenvalue weighted by Gasteiger charge is -2.30. The van der Waals surface area contributed by atoms with Crippen molar-refractivity contribution >= 4 is 67.6 Å². The van der Waals surface area contributed by atoms with Crippen molar-refractivity contribution in [3.05, 3.63) is 182 Å². The molecule has 0 fully saturated rings. The minimum atomic E-state index is -2.09. The largest absolute Gasteiger partial charge is 0.104 e. The van der Waals surface area contributed by atoms with Crippen molar-refractivity contribution in [1.82, 2.24) is 0 Å². The van der Waals surface area contributed by atoms with Crippen molar-refractivity contribution in [2.24, 2.45) is 0 Å². The fraction of sp³-hybridized carbons (Fsp3) is 0. The van der Waals surface area contributed by atoms with E-state index in [1.54, 1.807) is 0 Å². The Morgan fingerprint density at radius 1 is 0.268 bits per heavy atom. The van der Waals surface area contributed by atoms with Crippen LogP contribution in [0, 0.1) is 0 Å². The van der Waals surface area contributed by atoms with Gasteiger partial charge in [-0.3, -0.25) is 0 Å². The van der Waals surface area contributed by atoms with E-state index < -0.39 is 13.8 Å². The summed E-state index contributed by atoms with van der Waals surface area (Å²) in [5.74, 6) is 0. The molecule has 0 unspecified atom stereocenters. The zero-order valence-corrected chi connectivity index (χ0v) is 25.4. The molecule has 6 aromatic carbocycles. The summed E-state index contributed by atoms with van der Waals surface area (Å²) in [6.45, 7) is -4.18. The van der Waals surface area contributed by atoms with Crippen molar-refractivity contribution < 1.29 is 0 Å². The van der Waals surface area contributed by atoms with Gasteiger partial charge in [0.25, 0.3) is 0 Å². The Labute approximate surface area is 248 Å². The summed E-state index contributed by atoms with van der Waals surface area (Å²) in [4.78, 5) is 0. The Balaban J connectivity index is 1.68. The maximum atomic E-state index is 2.57. The summed E-state index contributed by atoms with van der Waals surface area (Å²) in [6.07, 6.45) is 0. The molecular formula is C38H32P2S. The first-order chi connectivity index (χ1) is 20.3. The van der Waals surface area contributed by atoms with Gasteiger partial charge in [-0.2, -0.15) is 0 Å². The molecule has 41 heavy (non-hydrogen) atoms. The van der Waals surface area contributed by atoms with Crippen LogP contribution >= 0.6 is 25.5 Å². The van der Waals surface area contributed by atoms with Crippen molar-refractivity contribution in [2.45, 2.75) is 0 Å². The predicted octanol–water partition coefficient (Wildman–Crippen LogP) is 7.23. The fourth-order valence-electron chi connectivity index (χ4n) is 5.45. The highest BCUT2D eigenvalue weighted by Crippen LogP contribution is 2.48. The van der Waals surface area contributed by atoms with Gasteiger partial charge in [-0.15, -0.1) is 11.8 Å². The SMILES string of the molecule is C(SC=P(c1ccccc1)(c1ccccc1)c1ccccc1)=P(c1ccccc1)(c1ccccc1)c1ccccc1. The molecule has 0 heterocycles. The molecule has 0 nitrogen and oxygen atoms in total. The van der Waals surface area contributed by atoms with Crippen molar-refractivity contribution in [3.63, 3.8) is 0 Å². The average Bonchev–Trinajstić information content (AvgIpc) is 3.08. The molecule has 0 aliphatic carbocycles. The second-order valence-corrected chi connectivity index (χ2v) is 17.8. The van der Waals surface area contributed by atoms with Gasteiger partial charge in [-0.05, 0) is 55.9 Å². The van der Waals surface area contributed by atoms with Crippen LogP contribution in [-0.2, 0) is 0 Å². The smallest absolute Gasteiger partial charge is 0.0146 e. The molecule has 0 saturated carbocycles. The van der Waals surface area contributed by atoms with Gasteiger partial charge >= 0.3 is 0 Å². The Morgan fingerprint density at radius 3 is 0.610 bits per heavy atom. The first-order valence-electron chi connectivity index (χ1n) is 13.8. The normalized spacial score (nSPS) is 11.5. The molecule has 6 aromatic rings. The van der Waals surface area contributed by atoms with Crippen LogP contribution in [0.25, 0.3) is 0 Å². The van der Waals surface area contributed by atoms with Gasteiger partial charge in [-0.1, -0.05) is 182 Å². The summed E-state index contributed by atoms with van der Waals surface area (Å²) >= 11 is 1.88. The Kier molecular flexibility index (Phi) is 8.60. The van der Waals surface area contributed by atoms with Gasteiger partial charge in [0.15, 0.2) is 0 Å². The summed E-state index contributed by atoms with van der Waals surface area (Å²) in [5, 5.41) is 13.3. The summed E-state index contributed by atoms with van der Waals surface area (Å²) in [7, 11) is 0. The summed E-state index contributed by atoms with van der Waals surface area (Å²) in [5.41, 5.74) is 0. The van der Waals surface area contributed by atoms with Gasteiger partial charge < -0.3 is 0 Å². The predicted molar refractivity (Wildman–Crippen MR) is 190 cm³/mol. The third-order valence-electron chi connectivity index (χ3n) is 7.42. The lowest BCUT2D eigenvalue weighted by Crippen LogP contribution is -2.27. The number of rotatable bonds is 8. The van der Waals surface area contributed by atoms with E-state index in [0.717, 1.165) is 0 Å². The first kappa shape index (κ1) is 27.4. The molecule has 0 aliphatic rings. The monoisotopic (exact) mass is 582 g/mol. The number of benzene rings is 6. The molecule has 0 atom stereocenters. The highest BCUT2D eigenvalue weighted by molar-refractivity contribution is 8.36. The molecule has 0 spiro atoms. The van der Waals surface area contributed by atoms with Crippen LogP contribution in [0.15, 0.2) is 182 Å². The zero-order valence-electron chi connectivity index (χ0n) is 22.8. The molecule has 3 heteroatoms. The summed E-state index contributed by atoms with van der Waals surface area (Å²) in [6, 6.07) is 66.4. The Hall–Kier alpha value is -3.73. The van der Waals surface area contributed by atoms with E-state index in [0.29, 0.717) is 0 Å². The molecule has 0 N–H and O–H groups in total. The van der Waals surface area contributed by atoms with E-state index in [2.05, 4.69) is 192 Å². The minimum Gasteiger partial charge on any atom is -0.104 e. The molecule has 0 amide bonds. The van der Waals surface area contributed by atoms with Crippen molar-refractivity contribution in [2.75, 3.05) is 0 Å². The third kappa shape index (κ3) is 5.47. The van der Waals surface area contributed by atoms with Crippen LogP contribution in [0.5, 0.6) is 0 Å². The van der Waals surface area contributed by atoms with Crippen molar-refractivity contribution in [3.8, 4) is 0 Å². The van der Waals surface area contributed by atoms with Crippen LogP contribution < -0.4 is 31.8 Å². The number of hydrogen-bond acceptors (Lipinski definition) is 1. The van der Waals surface area contributed by atoms with Crippen LogP contribution in [0.3, 0.4) is 0 Å². The molecular weight excluding hydrogens is 550 g/mol. The van der Waals surface area contributed by atoms with E-state index in [-0.39, 0.29) is 0 Å². The second kappa shape index (κ2) is 12.8. The van der Waals surface area contributed by atoms with E-state index in [9.17, 15) is 0 Å². The maximum Gasteiger partial charge on any atom is -0.0146 e. The number of hydrogen-bond donors (Lipinski definition) is 0. The number of thioether (sulfide) groups is 1. The van der Waals surface area contributed by atoms with E-state index in [1.807, 2.05) is 11.8 Å². The van der Waals surface area contributed by atoms with E-state index in [4.69, 9.17) is 0 Å². The van der Waals surface area contributed by atoms with E-state index in [1.165, 1.54) is 31.8 Å². The van der Waals surface area contributed by atoms with E-state index >= 15 is 0 Å². The molecule has 0 aromatic heterocycles. The van der Waals surface area contributed by atoms with Gasteiger partial charge in [0.2, 0.25) is 0 Å². The summed E-state index contributed by atoms with van der Waals surface area (Å²) < 4.78 is 0. The molecule has 6 rings (SSSR count). The standard InChI is InChI=1S/C38H32P2S/c1-7-19-33(20-8-1)39(34-21-9-2-10-22-34,35-23-11-3-12-24-35)31-41-32-40(36-25-13-4-14-26-36,37-27-15-5-16-28-37)38-29-17-6-18-30-38/h1-32H. The Bertz CT molecular complexity index is 1440. The fourth-order valence-corrected chi connectivity index (χ4v) is 16.2. The molecule has 0 radical (unpaired) electrons. The lowest BCUT2D eigenvalue weighted by atomic mass is 10.4. The minimum absolute atomic E-state index is 1.36. The highest BCUT2D eigenvalue weighted by atomic mass is 32.2. The van der Waals surface area contributed by atoms with Gasteiger partial charge in [0.1, 0.15) is 0 Å². The Morgan fingerprint density at radius 2 is 0.439 bits per heavy atom. The average molecular weight is 583 g/mol. The molecule has 0 saturated heterocycles. The maximum absolute atomic E-state index is 2.57. The lowest BCUT2D eigenvalue weighted by molar-refractivity contribution is 1.73. The molecule has 200 valence electrons. The second-order valence-electron chi connectivity index (χ2n) is 9.81. The molecule has 0 aliphatic heterocycles. The van der Waals surface area contributed by atoms with Gasteiger partial charge in [0, 0.05) is 0 Å². The zero-order chi connectivity index (χ0) is 27.8. The third-order valence-corrected chi connectivity index (χ3v) is 17.6. The van der Waals surface area contributed by atoms with Crippen LogP contribution in [0.4, 0.5) is 0 Å². The topological polar surface area (TPSA) is 0 Å². The quantitative estimate of drug-likeness (QED) is 0.171. The first-order valence-corrected chi connectivity index (χ1v) is 18.5. The van der Waals surface area contributed by atoms with Crippen molar-refractivity contribution in [1.29, 1.82) is 0 Å². The van der Waals surface area contributed by atoms with Crippen LogP contribution in [-0.4, -0.2) is 10.3 Å². The van der Waals surface area contributed by atoms with Crippen LogP contribution in [0.1, 0.15) is 0 Å². The van der Waals surface area contributed by atoms with Gasteiger partial charge in [0.05, 0.1) is 0 Å². The van der Waals surface area contributed by atoms with Gasteiger partial charge in [-0.25, -0.2) is 0 Å².